The maximum absolute atomic E-state index is 13.9. The molecule has 42 heavy (non-hydrogen) atoms. The first-order valence-electron chi connectivity index (χ1n) is 12.8. The average molecular weight is 590 g/mol. The zero-order valence-corrected chi connectivity index (χ0v) is 23.4. The summed E-state index contributed by atoms with van der Waals surface area (Å²) in [6.07, 6.45) is 1.57. The van der Waals surface area contributed by atoms with E-state index in [2.05, 4.69) is 4.99 Å². The summed E-state index contributed by atoms with van der Waals surface area (Å²) in [6.45, 7) is 3.65. The number of benzene rings is 2. The number of ether oxygens (including phenoxy) is 4. The Morgan fingerprint density at radius 2 is 2.00 bits per heavy atom. The zero-order chi connectivity index (χ0) is 29.5. The molecule has 4 aromatic rings. The number of fused-ring (bicyclic) bond motifs is 2. The third kappa shape index (κ3) is 4.63. The molecular formula is C29H23N3O9S. The van der Waals surface area contributed by atoms with Crippen LogP contribution in [0.5, 0.6) is 17.2 Å². The second-order valence-electron chi connectivity index (χ2n) is 9.26. The van der Waals surface area contributed by atoms with Gasteiger partial charge in [0.1, 0.15) is 17.3 Å². The number of thiazole rings is 1. The van der Waals surface area contributed by atoms with E-state index < -0.39 is 16.9 Å². The largest absolute Gasteiger partial charge is 0.496 e. The Bertz CT molecular complexity index is 1970. The molecule has 13 heteroatoms. The predicted molar refractivity (Wildman–Crippen MR) is 150 cm³/mol. The topological polar surface area (TPSA) is 145 Å². The molecule has 0 spiro atoms. The highest BCUT2D eigenvalue weighted by molar-refractivity contribution is 7.07. The number of furan rings is 1. The number of carbonyl (C=O) groups is 1. The van der Waals surface area contributed by atoms with Crippen molar-refractivity contribution in [2.75, 3.05) is 20.5 Å². The first-order chi connectivity index (χ1) is 20.3. The summed E-state index contributed by atoms with van der Waals surface area (Å²) in [5.74, 6) is 1.56. The Hall–Kier alpha value is -5.17. The quantitative estimate of drug-likeness (QED) is 0.179. The van der Waals surface area contributed by atoms with Crippen molar-refractivity contribution < 1.29 is 33.1 Å². The van der Waals surface area contributed by atoms with Crippen molar-refractivity contribution in [3.8, 4) is 28.6 Å². The van der Waals surface area contributed by atoms with Gasteiger partial charge in [0.25, 0.3) is 11.2 Å². The van der Waals surface area contributed by atoms with Gasteiger partial charge in [-0.15, -0.1) is 0 Å². The fourth-order valence-corrected chi connectivity index (χ4v) is 5.92. The Morgan fingerprint density at radius 1 is 1.19 bits per heavy atom. The molecule has 6 rings (SSSR count). The van der Waals surface area contributed by atoms with Crippen LogP contribution in [0.15, 0.2) is 74.0 Å². The van der Waals surface area contributed by atoms with Crippen LogP contribution in [0.25, 0.3) is 17.4 Å². The standard InChI is InChI=1S/C29H23N3O9S/c1-4-38-28(34)25-15(2)30-29-31(26(25)16-5-8-22-23(11-16)40-14-39-22)27(33)24(42-29)13-18-7-10-21(41-18)19-12-17(32(35)36)6-9-20(19)37-3/h5-13,26H,4,14H2,1-3H3/b24-13-. The molecule has 0 bridgehead atoms. The highest BCUT2D eigenvalue weighted by atomic mass is 32.1. The lowest BCUT2D eigenvalue weighted by atomic mass is 9.95. The zero-order valence-electron chi connectivity index (χ0n) is 22.6. The molecule has 2 aliphatic heterocycles. The number of aromatic nitrogens is 1. The van der Waals surface area contributed by atoms with Crippen molar-refractivity contribution in [3.05, 3.63) is 101 Å². The number of nitrogens with zero attached hydrogens (tertiary/aromatic N) is 3. The van der Waals surface area contributed by atoms with Crippen LogP contribution >= 0.6 is 11.3 Å². The summed E-state index contributed by atoms with van der Waals surface area (Å²) in [4.78, 5) is 42.8. The fourth-order valence-electron chi connectivity index (χ4n) is 4.90. The van der Waals surface area contributed by atoms with E-state index in [9.17, 15) is 19.7 Å². The number of methoxy groups -OCH3 is 1. The van der Waals surface area contributed by atoms with E-state index in [0.717, 1.165) is 11.3 Å². The summed E-state index contributed by atoms with van der Waals surface area (Å²) in [6, 6.07) is 11.9. The van der Waals surface area contributed by atoms with Crippen molar-refractivity contribution in [2.45, 2.75) is 19.9 Å². The van der Waals surface area contributed by atoms with Gasteiger partial charge in [-0.1, -0.05) is 17.4 Å². The number of carbonyl (C=O) groups excluding carboxylic acids is 1. The summed E-state index contributed by atoms with van der Waals surface area (Å²) in [5.41, 5.74) is 1.19. The second kappa shape index (κ2) is 10.7. The molecule has 0 fully saturated rings. The molecule has 0 saturated heterocycles. The van der Waals surface area contributed by atoms with Gasteiger partial charge in [0.15, 0.2) is 16.3 Å². The van der Waals surface area contributed by atoms with E-state index in [-0.39, 0.29) is 30.2 Å². The first-order valence-corrected chi connectivity index (χ1v) is 13.6. The molecule has 2 aromatic heterocycles. The molecule has 0 aliphatic carbocycles. The van der Waals surface area contributed by atoms with Gasteiger partial charge in [-0.05, 0) is 49.7 Å². The molecular weight excluding hydrogens is 566 g/mol. The van der Waals surface area contributed by atoms with Crippen molar-refractivity contribution in [3.63, 3.8) is 0 Å². The van der Waals surface area contributed by atoms with Crippen LogP contribution in [0, 0.1) is 10.1 Å². The van der Waals surface area contributed by atoms with Crippen LogP contribution in [0.3, 0.4) is 0 Å². The molecule has 214 valence electrons. The van der Waals surface area contributed by atoms with E-state index in [0.29, 0.717) is 54.9 Å². The van der Waals surface area contributed by atoms with Crippen molar-refractivity contribution in [1.82, 2.24) is 4.57 Å². The predicted octanol–water partition coefficient (Wildman–Crippen LogP) is 3.70. The smallest absolute Gasteiger partial charge is 0.338 e. The van der Waals surface area contributed by atoms with E-state index in [1.165, 1.54) is 29.9 Å². The van der Waals surface area contributed by atoms with Crippen molar-refractivity contribution in [2.24, 2.45) is 4.99 Å². The summed E-state index contributed by atoms with van der Waals surface area (Å²) < 4.78 is 29.4. The summed E-state index contributed by atoms with van der Waals surface area (Å²) in [5, 5.41) is 11.3. The molecule has 1 atom stereocenters. The number of hydrogen-bond donors (Lipinski definition) is 0. The Labute approximate surface area is 241 Å². The van der Waals surface area contributed by atoms with Crippen LogP contribution in [0.1, 0.15) is 31.2 Å². The number of nitro benzene ring substituents is 1. The van der Waals surface area contributed by atoms with Crippen molar-refractivity contribution in [1.29, 1.82) is 0 Å². The molecule has 0 amide bonds. The minimum atomic E-state index is -0.821. The van der Waals surface area contributed by atoms with Crippen LogP contribution < -0.4 is 29.1 Å². The van der Waals surface area contributed by atoms with E-state index >= 15 is 0 Å². The van der Waals surface area contributed by atoms with E-state index in [1.54, 1.807) is 50.3 Å². The van der Waals surface area contributed by atoms with E-state index in [1.807, 2.05) is 0 Å². The second-order valence-corrected chi connectivity index (χ2v) is 10.3. The normalized spacial score (nSPS) is 15.8. The highest BCUT2D eigenvalue weighted by Crippen LogP contribution is 2.38. The Balaban J connectivity index is 1.46. The van der Waals surface area contributed by atoms with Crippen molar-refractivity contribution >= 4 is 29.1 Å². The maximum Gasteiger partial charge on any atom is 0.338 e. The van der Waals surface area contributed by atoms with Crippen LogP contribution in [0.2, 0.25) is 0 Å². The van der Waals surface area contributed by atoms with Gasteiger partial charge in [0.05, 0.1) is 46.0 Å². The highest BCUT2D eigenvalue weighted by Gasteiger charge is 2.34. The summed E-state index contributed by atoms with van der Waals surface area (Å²) >= 11 is 1.14. The van der Waals surface area contributed by atoms with Gasteiger partial charge in [-0.25, -0.2) is 9.79 Å². The molecule has 0 N–H and O–H groups in total. The minimum absolute atomic E-state index is 0.0779. The van der Waals surface area contributed by atoms with Gasteiger partial charge in [0.2, 0.25) is 6.79 Å². The van der Waals surface area contributed by atoms with Gasteiger partial charge in [-0.2, -0.15) is 0 Å². The SMILES string of the molecule is CCOC(=O)C1=C(C)N=c2s/c(=C\c3ccc(-c4cc([N+](=O)[O-])ccc4OC)o3)c(=O)n2C1c1ccc2c(c1)OCO2. The molecule has 1 unspecified atom stereocenters. The Morgan fingerprint density at radius 3 is 2.76 bits per heavy atom. The monoisotopic (exact) mass is 589 g/mol. The van der Waals surface area contributed by atoms with Crippen LogP contribution in [-0.4, -0.2) is 36.0 Å². The molecule has 0 radical (unpaired) electrons. The maximum atomic E-state index is 13.9. The van der Waals surface area contributed by atoms with Crippen LogP contribution in [-0.2, 0) is 9.53 Å². The van der Waals surface area contributed by atoms with Gasteiger partial charge >= 0.3 is 5.97 Å². The molecule has 0 saturated carbocycles. The van der Waals surface area contributed by atoms with Gasteiger partial charge < -0.3 is 23.4 Å². The Kier molecular flexibility index (Phi) is 6.86. The minimum Gasteiger partial charge on any atom is -0.496 e. The lowest BCUT2D eigenvalue weighted by Crippen LogP contribution is -2.39. The van der Waals surface area contributed by atoms with Gasteiger partial charge in [0, 0.05) is 18.2 Å². The number of nitro groups is 1. The van der Waals surface area contributed by atoms with Crippen LogP contribution in [0.4, 0.5) is 5.69 Å². The molecule has 4 heterocycles. The average Bonchev–Trinajstić information content (AvgIpc) is 3.71. The number of non-ortho nitro benzene ring substituents is 1. The molecule has 12 nitrogen and oxygen atoms in total. The van der Waals surface area contributed by atoms with Gasteiger partial charge in [-0.3, -0.25) is 19.5 Å². The number of rotatable bonds is 7. The number of hydrogen-bond acceptors (Lipinski definition) is 11. The summed E-state index contributed by atoms with van der Waals surface area (Å²) in [7, 11) is 1.46. The first kappa shape index (κ1) is 27.0. The third-order valence-electron chi connectivity index (χ3n) is 6.79. The number of esters is 1. The number of allylic oxidation sites excluding steroid dienone is 1. The lowest BCUT2D eigenvalue weighted by Gasteiger charge is -2.24. The molecule has 2 aliphatic rings. The third-order valence-corrected chi connectivity index (χ3v) is 7.77. The van der Waals surface area contributed by atoms with E-state index in [4.69, 9.17) is 23.4 Å². The fraction of sp³-hybridized carbons (Fsp3) is 0.207. The lowest BCUT2D eigenvalue weighted by molar-refractivity contribution is -0.384. The molecule has 2 aromatic carbocycles.